The average molecular weight is 2280 g/mol. The third kappa shape index (κ3) is 24.2. The van der Waals surface area contributed by atoms with Crippen LogP contribution in [0.5, 0.6) is 0 Å². The molecule has 0 radical (unpaired) electrons. The van der Waals surface area contributed by atoms with Crippen LogP contribution in [0.1, 0.15) is 83.5 Å². The number of benzene rings is 18. The van der Waals surface area contributed by atoms with E-state index >= 15 is 0 Å². The maximum absolute atomic E-state index is 13.4. The van der Waals surface area contributed by atoms with Gasteiger partial charge in [0.25, 0.3) is 5.82 Å². The first-order valence-corrected chi connectivity index (χ1v) is 49.6. The highest BCUT2D eigenvalue weighted by Crippen LogP contribution is 2.48. The fraction of sp³-hybridized carbons (Fsp3) is 0.0625. The number of rotatable bonds is 23. The molecule has 6 amide bonds. The number of urea groups is 3. The monoisotopic (exact) mass is 2270 g/mol. The molecule has 0 spiro atoms. The molecule has 21 rings (SSSR count). The lowest BCUT2D eigenvalue weighted by molar-refractivity contribution is -0.671. The number of halogens is 7. The van der Waals surface area contributed by atoms with E-state index in [-0.39, 0.29) is 53.8 Å². The first-order valence-electron chi connectivity index (χ1n) is 48.1. The molecule has 748 valence electrons. The molecule has 22 heteroatoms. The van der Waals surface area contributed by atoms with Crippen LogP contribution < -0.4 is 90.2 Å². The summed E-state index contributed by atoms with van der Waals surface area (Å²) in [4.78, 5) is 35.6. The Morgan fingerprint density at radius 1 is 0.300 bits per heavy atom. The lowest BCUT2D eigenvalue weighted by Gasteiger charge is -2.36. The average Bonchev–Trinajstić information content (AvgIpc) is 1.36. The lowest BCUT2D eigenvalue weighted by Crippen LogP contribution is -3.00. The number of nitrogens with zero attached hydrogens (tertiary/aromatic N) is 6. The zero-order chi connectivity index (χ0) is 103. The lowest BCUT2D eigenvalue weighted by atomic mass is 9.76. The molecule has 0 aliphatic carbocycles. The Morgan fingerprint density at radius 3 is 0.880 bits per heavy atom. The molecule has 0 atom stereocenters. The van der Waals surface area contributed by atoms with Gasteiger partial charge in [-0.05, 0) is 116 Å². The molecule has 0 saturated carbocycles. The Labute approximate surface area is 929 Å². The number of imidazole rings is 2. The molecule has 0 aliphatic rings. The van der Waals surface area contributed by atoms with Gasteiger partial charge in [0, 0.05) is 71.4 Å². The zero-order valence-corrected chi connectivity index (χ0v) is 89.7. The van der Waals surface area contributed by atoms with Crippen molar-refractivity contribution in [2.24, 2.45) is 38.3 Å². The molecule has 3 heterocycles. The van der Waals surface area contributed by atoms with Crippen molar-refractivity contribution in [2.75, 3.05) is 0 Å². The van der Waals surface area contributed by atoms with Gasteiger partial charge in [-0.25, -0.2) is 37.0 Å². The summed E-state index contributed by atoms with van der Waals surface area (Å²) in [6, 6.07) is 168. The maximum atomic E-state index is 13.4. The van der Waals surface area contributed by atoms with Crippen molar-refractivity contribution < 1.29 is 75.9 Å². The summed E-state index contributed by atoms with van der Waals surface area (Å²) in [5.74, 6) is 0.853. The van der Waals surface area contributed by atoms with Gasteiger partial charge in [0.1, 0.15) is 40.4 Å². The van der Waals surface area contributed by atoms with E-state index in [0.29, 0.717) is 15.1 Å². The first kappa shape index (κ1) is 110. The van der Waals surface area contributed by atoms with E-state index in [1.165, 1.54) is 46.0 Å². The van der Waals surface area contributed by atoms with Crippen LogP contribution in [0.25, 0.3) is 33.9 Å². The molecule has 0 unspecified atom stereocenters. The fourth-order valence-corrected chi connectivity index (χ4v) is 20.6. The van der Waals surface area contributed by atoms with E-state index < -0.39 is 45.8 Å². The van der Waals surface area contributed by atoms with Crippen molar-refractivity contribution in [3.8, 4) is 33.9 Å². The van der Waals surface area contributed by atoms with Crippen LogP contribution in [-0.4, -0.2) is 37.0 Å². The molecule has 0 bridgehead atoms. The summed E-state index contributed by atoms with van der Waals surface area (Å²) >= 11 is 26.0. The molecule has 150 heavy (non-hydrogen) atoms. The van der Waals surface area contributed by atoms with Gasteiger partial charge in [-0.2, -0.15) is 5.10 Å². The van der Waals surface area contributed by atoms with Crippen molar-refractivity contribution in [1.29, 1.82) is 0 Å². The maximum Gasteiger partial charge on any atom is 0.313 e. The van der Waals surface area contributed by atoms with Crippen molar-refractivity contribution in [2.45, 2.75) is 27.7 Å². The molecular formula is C128H109Cl4FI2N12O3. The Morgan fingerprint density at radius 2 is 0.567 bits per heavy atom. The summed E-state index contributed by atoms with van der Waals surface area (Å²) in [7, 11) is 6.33. The minimum Gasteiger partial charge on any atom is -1.00 e. The predicted molar refractivity (Wildman–Crippen MR) is 596 cm³/mol. The van der Waals surface area contributed by atoms with Gasteiger partial charge in [0.15, 0.2) is 16.9 Å². The minimum atomic E-state index is -0.998. The molecule has 15 nitrogen and oxygen atoms in total. The molecular weight excluding hydrogens is 2170 g/mol. The molecule has 0 saturated heterocycles. The van der Waals surface area contributed by atoms with Crippen molar-refractivity contribution in [1.82, 2.24) is 34.9 Å². The molecule has 18 aromatic carbocycles. The van der Waals surface area contributed by atoms with Crippen LogP contribution in [0.3, 0.4) is 0 Å². The number of aromatic nitrogens is 6. The largest absolute Gasteiger partial charge is 1.00 e. The third-order valence-electron chi connectivity index (χ3n) is 26.0. The standard InChI is InChI=1S/C23H20ClN2.C23H21N2.C22H17ClN2.2C20H17ClN2O.C20H17FN2O.2HI/c1-25-16-17-26(18-25)23(19-10-4-2-5-11-19,20-12-6-3-7-13-20)21-14-8-9-15-22(21)24;1-24-21(18-12-6-3-7-13-18)22(19-14-8-4-9-15-19)25(2)23(24)20-16-10-5-11-17-20;23-21-15-8-7-14-20(21)22(25-17-9-16-24-25,18-10-3-1-4-11-18)19-12-5-2-6-13-19;21-18-14-8-7-13-17(18)20(23-19(22)24,15-9-3-1-4-10-15)16-11-5-2-6-12-16;2*21-18-13-11-17(12-14-18)20(23-19(22)24,15-7-3-1-4-8-15)16-9-5-2-6-10-16;;/h2-18H,1H3;3-17H,1-2H3;1-17H;3*1-14H,(H3,22,23,24);2*1H/q2*+1;;;;;;/p-2. The van der Waals surface area contributed by atoms with Crippen LogP contribution >= 0.6 is 46.4 Å². The second-order valence-electron chi connectivity index (χ2n) is 34.9. The van der Waals surface area contributed by atoms with Gasteiger partial charge in [-0.1, -0.05) is 507 Å². The Balaban J connectivity index is 0.000000141. The van der Waals surface area contributed by atoms with Crippen LogP contribution in [-0.2, 0) is 48.8 Å². The van der Waals surface area contributed by atoms with E-state index in [0.717, 1.165) is 88.5 Å². The van der Waals surface area contributed by atoms with E-state index in [2.05, 4.69) is 248 Å². The molecule has 21 aromatic rings. The second kappa shape index (κ2) is 52.0. The topological polar surface area (TPSA) is 201 Å². The van der Waals surface area contributed by atoms with Gasteiger partial charge >= 0.3 is 18.1 Å². The van der Waals surface area contributed by atoms with Crippen LogP contribution in [0, 0.1) is 5.82 Å². The summed E-state index contributed by atoms with van der Waals surface area (Å²) in [6.07, 6.45) is 10.0. The zero-order valence-electron chi connectivity index (χ0n) is 82.3. The van der Waals surface area contributed by atoms with Crippen LogP contribution in [0.15, 0.2) is 553 Å². The highest BCUT2D eigenvalue weighted by molar-refractivity contribution is 6.32. The first-order chi connectivity index (χ1) is 72.2. The smallest absolute Gasteiger partial charge is 0.313 e. The van der Waals surface area contributed by atoms with Gasteiger partial charge in [-0.3, -0.25) is 4.68 Å². The van der Waals surface area contributed by atoms with Crippen molar-refractivity contribution >= 4 is 64.5 Å². The van der Waals surface area contributed by atoms with E-state index in [4.69, 9.17) is 63.6 Å². The molecule has 3 aromatic heterocycles. The quantitative estimate of drug-likeness (QED) is 0.0210. The highest BCUT2D eigenvalue weighted by Gasteiger charge is 2.47. The van der Waals surface area contributed by atoms with Crippen LogP contribution in [0.2, 0.25) is 20.1 Å². The Kier molecular flexibility index (Phi) is 38.0. The van der Waals surface area contributed by atoms with E-state index in [1.807, 2.05) is 321 Å². The number of nitrogens with two attached hydrogens (primary N) is 3. The van der Waals surface area contributed by atoms with Crippen LogP contribution in [0.4, 0.5) is 18.8 Å². The van der Waals surface area contributed by atoms with Gasteiger partial charge < -0.3 is 81.1 Å². The molecule has 0 aliphatic heterocycles. The summed E-state index contributed by atoms with van der Waals surface area (Å²) in [5, 5.41) is 16.0. The highest BCUT2D eigenvalue weighted by atomic mass is 127. The van der Waals surface area contributed by atoms with E-state index in [1.54, 1.807) is 36.5 Å². The minimum absolute atomic E-state index is 0. The van der Waals surface area contributed by atoms with Crippen molar-refractivity contribution in [3.63, 3.8) is 0 Å². The second-order valence-corrected chi connectivity index (χ2v) is 36.6. The summed E-state index contributed by atoms with van der Waals surface area (Å²) in [6.45, 7) is 0. The van der Waals surface area contributed by atoms with E-state index in [9.17, 15) is 18.8 Å². The normalized spacial score (nSPS) is 11.0. The summed E-state index contributed by atoms with van der Waals surface area (Å²) < 4.78 is 24.3. The number of hydrogen-bond donors (Lipinski definition) is 6. The number of nitrogens with one attached hydrogen (secondary N) is 3. The fourth-order valence-electron chi connectivity index (χ4n) is 19.7. The number of hydrogen-bond acceptors (Lipinski definition) is 4. The van der Waals surface area contributed by atoms with Gasteiger partial charge in [-0.15, -0.1) is 0 Å². The molecule has 0 fully saturated rings. The van der Waals surface area contributed by atoms with Gasteiger partial charge in [0.05, 0.1) is 26.7 Å². The predicted octanol–water partition coefficient (Wildman–Crippen LogP) is 21.4. The third-order valence-corrected chi connectivity index (χ3v) is 27.2. The number of primary amides is 3. The Hall–Kier alpha value is -16.1. The number of carbonyl (C=O) groups excluding carboxylic acids is 3. The molecule has 9 N–H and O–H groups in total. The SMILES string of the molecule is C[n+]1ccn(C(c2ccccc2)(c2ccccc2)c2ccccc2Cl)c1.Clc1ccccc1C(c1ccccc1)(c1ccccc1)n1cccn1.Cn1c(-c2ccccc2)c(-c2ccccc2)[n+](C)c1-c1ccccc1.NC(=O)NC(c1ccccc1)(c1ccccc1)c1ccc(Cl)cc1.NC(=O)NC(c1ccccc1)(c1ccccc1)c1ccc(F)cc1.NC(=O)NC(c1ccccc1)(c1ccccc1)c1ccccc1Cl.[I-].[I-]. The van der Waals surface area contributed by atoms with Crippen molar-refractivity contribution in [3.05, 3.63) is 662 Å². The number of aryl methyl sites for hydroxylation is 1. The number of amides is 6. The number of carbonyl (C=O) groups is 3. The Bertz CT molecular complexity index is 7440. The summed E-state index contributed by atoms with van der Waals surface area (Å²) in [5.41, 5.74) is 32.9. The van der Waals surface area contributed by atoms with Gasteiger partial charge in [0.2, 0.25) is 6.33 Å².